The van der Waals surface area contributed by atoms with Crippen molar-refractivity contribution in [3.8, 4) is 11.5 Å². The third-order valence-electron chi connectivity index (χ3n) is 5.61. The van der Waals surface area contributed by atoms with Gasteiger partial charge in [0.15, 0.2) is 0 Å². The fourth-order valence-electron chi connectivity index (χ4n) is 4.44. The Balaban J connectivity index is 1.86. The van der Waals surface area contributed by atoms with E-state index in [-0.39, 0.29) is 11.2 Å². The Labute approximate surface area is 156 Å². The molecule has 0 saturated heterocycles. The van der Waals surface area contributed by atoms with Crippen LogP contribution in [0, 0.1) is 0 Å². The highest BCUT2D eigenvalue weighted by atomic mass is 16.5. The number of hydrogen-bond donors (Lipinski definition) is 1. The normalized spacial score (nSPS) is 25.4. The Morgan fingerprint density at radius 3 is 2.12 bits per heavy atom. The van der Waals surface area contributed by atoms with E-state index in [2.05, 4.69) is 75.5 Å². The molecule has 26 heavy (non-hydrogen) atoms. The Morgan fingerprint density at radius 2 is 1.46 bits per heavy atom. The third-order valence-corrected chi connectivity index (χ3v) is 5.61. The Morgan fingerprint density at radius 1 is 0.846 bits per heavy atom. The number of ether oxygens (including phenoxy) is 2. The van der Waals surface area contributed by atoms with E-state index in [9.17, 15) is 0 Å². The molecule has 0 aromatic heterocycles. The highest BCUT2D eigenvalue weighted by Crippen LogP contribution is 2.50. The van der Waals surface area contributed by atoms with Gasteiger partial charge in [-0.3, -0.25) is 0 Å². The summed E-state index contributed by atoms with van der Waals surface area (Å²) >= 11 is 0. The average Bonchev–Trinajstić information content (AvgIpc) is 2.58. The van der Waals surface area contributed by atoms with E-state index in [1.54, 1.807) is 0 Å². The SMILES string of the molecule is CNC1CC(C)(C)Oc2cc3c(cc21)C(c1ccccc1)CC(C)(C)O3. The second-order valence-electron chi connectivity index (χ2n) is 8.86. The maximum Gasteiger partial charge on any atom is 0.128 e. The van der Waals surface area contributed by atoms with Crippen LogP contribution in [-0.4, -0.2) is 18.2 Å². The van der Waals surface area contributed by atoms with Crippen molar-refractivity contribution in [2.45, 2.75) is 63.7 Å². The largest absolute Gasteiger partial charge is 0.487 e. The van der Waals surface area contributed by atoms with Crippen LogP contribution in [0.1, 0.15) is 69.2 Å². The van der Waals surface area contributed by atoms with Gasteiger partial charge in [0, 0.05) is 35.6 Å². The summed E-state index contributed by atoms with van der Waals surface area (Å²) in [5, 5.41) is 3.47. The van der Waals surface area contributed by atoms with Gasteiger partial charge in [-0.15, -0.1) is 0 Å². The van der Waals surface area contributed by atoms with Crippen LogP contribution in [-0.2, 0) is 0 Å². The standard InChI is InChI=1S/C23H29NO2/c1-22(2)13-18(15-9-7-6-8-10-15)16-11-17-19(24-5)14-23(3,4)26-21(17)12-20(16)25-22/h6-12,18-19,24H,13-14H2,1-5H3. The minimum atomic E-state index is -0.200. The van der Waals surface area contributed by atoms with Gasteiger partial charge < -0.3 is 14.8 Å². The van der Waals surface area contributed by atoms with E-state index >= 15 is 0 Å². The summed E-state index contributed by atoms with van der Waals surface area (Å²) in [4.78, 5) is 0. The molecule has 138 valence electrons. The van der Waals surface area contributed by atoms with E-state index in [4.69, 9.17) is 9.47 Å². The van der Waals surface area contributed by atoms with E-state index < -0.39 is 0 Å². The molecule has 2 unspecified atom stereocenters. The van der Waals surface area contributed by atoms with Crippen molar-refractivity contribution in [1.82, 2.24) is 5.32 Å². The van der Waals surface area contributed by atoms with Gasteiger partial charge in [0.2, 0.25) is 0 Å². The fraction of sp³-hybridized carbons (Fsp3) is 0.478. The van der Waals surface area contributed by atoms with Crippen molar-refractivity contribution in [3.63, 3.8) is 0 Å². The van der Waals surface area contributed by atoms with Crippen LogP contribution in [0.15, 0.2) is 42.5 Å². The van der Waals surface area contributed by atoms with E-state index in [1.807, 2.05) is 7.05 Å². The average molecular weight is 351 g/mol. The van der Waals surface area contributed by atoms with Crippen LogP contribution >= 0.6 is 0 Å². The molecular weight excluding hydrogens is 322 g/mol. The molecule has 0 bridgehead atoms. The number of nitrogens with one attached hydrogen (secondary N) is 1. The lowest BCUT2D eigenvalue weighted by Crippen LogP contribution is -2.39. The minimum Gasteiger partial charge on any atom is -0.487 e. The van der Waals surface area contributed by atoms with Crippen molar-refractivity contribution < 1.29 is 9.47 Å². The number of hydrogen-bond acceptors (Lipinski definition) is 3. The minimum absolute atomic E-state index is 0.183. The zero-order valence-corrected chi connectivity index (χ0v) is 16.4. The van der Waals surface area contributed by atoms with Gasteiger partial charge in [0.05, 0.1) is 0 Å². The van der Waals surface area contributed by atoms with Crippen molar-refractivity contribution in [1.29, 1.82) is 0 Å². The van der Waals surface area contributed by atoms with Crippen molar-refractivity contribution in [2.75, 3.05) is 7.05 Å². The molecule has 2 atom stereocenters. The molecule has 2 aliphatic rings. The summed E-state index contributed by atoms with van der Waals surface area (Å²) in [5.74, 6) is 2.25. The molecule has 4 rings (SSSR count). The van der Waals surface area contributed by atoms with Gasteiger partial charge >= 0.3 is 0 Å². The van der Waals surface area contributed by atoms with Gasteiger partial charge in [-0.2, -0.15) is 0 Å². The first-order chi connectivity index (χ1) is 12.3. The molecule has 2 heterocycles. The lowest BCUT2D eigenvalue weighted by atomic mass is 9.78. The molecule has 0 aliphatic carbocycles. The molecule has 0 radical (unpaired) electrons. The molecule has 2 aromatic carbocycles. The molecule has 0 fully saturated rings. The predicted octanol–water partition coefficient (Wildman–Crippen LogP) is 5.20. The second kappa shape index (κ2) is 6.02. The number of rotatable bonds is 2. The summed E-state index contributed by atoms with van der Waals surface area (Å²) < 4.78 is 12.7. The van der Waals surface area contributed by atoms with E-state index in [1.165, 1.54) is 16.7 Å². The van der Waals surface area contributed by atoms with Crippen LogP contribution in [0.3, 0.4) is 0 Å². The second-order valence-corrected chi connectivity index (χ2v) is 8.86. The molecule has 0 spiro atoms. The maximum absolute atomic E-state index is 6.37. The molecule has 1 N–H and O–H groups in total. The van der Waals surface area contributed by atoms with Crippen LogP contribution in [0.5, 0.6) is 11.5 Å². The zero-order valence-electron chi connectivity index (χ0n) is 16.4. The number of fused-ring (bicyclic) bond motifs is 2. The highest BCUT2D eigenvalue weighted by Gasteiger charge is 2.39. The molecule has 2 aliphatic heterocycles. The molecule has 3 heteroatoms. The smallest absolute Gasteiger partial charge is 0.128 e. The van der Waals surface area contributed by atoms with Crippen LogP contribution in [0.4, 0.5) is 0 Å². The van der Waals surface area contributed by atoms with Gasteiger partial charge in [0.1, 0.15) is 22.7 Å². The Kier molecular flexibility index (Phi) is 4.03. The first kappa shape index (κ1) is 17.4. The lowest BCUT2D eigenvalue weighted by Gasteiger charge is -2.42. The molecule has 2 aromatic rings. The summed E-state index contributed by atoms with van der Waals surface area (Å²) in [7, 11) is 2.03. The van der Waals surface area contributed by atoms with Crippen molar-refractivity contribution >= 4 is 0 Å². The van der Waals surface area contributed by atoms with E-state index in [0.717, 1.165) is 24.3 Å². The predicted molar refractivity (Wildman–Crippen MR) is 105 cm³/mol. The van der Waals surface area contributed by atoms with Crippen molar-refractivity contribution in [3.05, 3.63) is 59.2 Å². The van der Waals surface area contributed by atoms with Gasteiger partial charge in [-0.1, -0.05) is 30.3 Å². The van der Waals surface area contributed by atoms with Gasteiger partial charge in [-0.25, -0.2) is 0 Å². The summed E-state index contributed by atoms with van der Waals surface area (Å²) in [6, 6.07) is 15.5. The zero-order chi connectivity index (χ0) is 18.5. The maximum atomic E-state index is 6.37. The first-order valence-corrected chi connectivity index (χ1v) is 9.56. The highest BCUT2D eigenvalue weighted by molar-refractivity contribution is 5.54. The molecule has 0 saturated carbocycles. The topological polar surface area (TPSA) is 30.5 Å². The Bertz CT molecular complexity index is 810. The monoisotopic (exact) mass is 351 g/mol. The fourth-order valence-corrected chi connectivity index (χ4v) is 4.44. The third kappa shape index (κ3) is 3.09. The quantitative estimate of drug-likeness (QED) is 0.806. The van der Waals surface area contributed by atoms with Crippen LogP contribution < -0.4 is 14.8 Å². The summed E-state index contributed by atoms with van der Waals surface area (Å²) in [6.07, 6.45) is 1.93. The van der Waals surface area contributed by atoms with Crippen LogP contribution in [0.2, 0.25) is 0 Å². The molecule has 0 amide bonds. The summed E-state index contributed by atoms with van der Waals surface area (Å²) in [5.41, 5.74) is 3.49. The molecule has 3 nitrogen and oxygen atoms in total. The Hall–Kier alpha value is -2.00. The van der Waals surface area contributed by atoms with Crippen molar-refractivity contribution in [2.24, 2.45) is 0 Å². The van der Waals surface area contributed by atoms with Crippen LogP contribution in [0.25, 0.3) is 0 Å². The van der Waals surface area contributed by atoms with Gasteiger partial charge in [0.25, 0.3) is 0 Å². The van der Waals surface area contributed by atoms with E-state index in [0.29, 0.717) is 12.0 Å². The summed E-state index contributed by atoms with van der Waals surface area (Å²) in [6.45, 7) is 8.65. The number of benzene rings is 2. The molecular formula is C23H29NO2. The van der Waals surface area contributed by atoms with Gasteiger partial charge in [-0.05, 0) is 52.8 Å². The first-order valence-electron chi connectivity index (χ1n) is 9.56. The lowest BCUT2D eigenvalue weighted by molar-refractivity contribution is 0.0603.